The van der Waals surface area contributed by atoms with Gasteiger partial charge in [0, 0.05) is 26.0 Å². The molecule has 0 radical (unpaired) electrons. The van der Waals surface area contributed by atoms with Crippen LogP contribution in [0.3, 0.4) is 0 Å². The van der Waals surface area contributed by atoms with E-state index in [1.165, 1.54) is 16.9 Å². The number of thiophene rings is 1. The molecule has 27 heavy (non-hydrogen) atoms. The lowest BCUT2D eigenvalue weighted by Crippen LogP contribution is -2.30. The lowest BCUT2D eigenvalue weighted by molar-refractivity contribution is -0.133. The number of ether oxygens (including phenoxy) is 1. The largest absolute Gasteiger partial charge is 0.451 e. The van der Waals surface area contributed by atoms with Crippen molar-refractivity contribution >= 4 is 33.4 Å². The van der Waals surface area contributed by atoms with Crippen LogP contribution in [0, 0.1) is 6.92 Å². The van der Waals surface area contributed by atoms with Crippen LogP contribution in [-0.4, -0.2) is 40.2 Å². The van der Waals surface area contributed by atoms with Gasteiger partial charge in [0.1, 0.15) is 9.71 Å². The van der Waals surface area contributed by atoms with Crippen LogP contribution < -0.4 is 0 Å². The van der Waals surface area contributed by atoms with Gasteiger partial charge in [0.2, 0.25) is 0 Å². The van der Waals surface area contributed by atoms with Gasteiger partial charge in [-0.15, -0.1) is 11.3 Å². The molecule has 0 spiro atoms. The van der Waals surface area contributed by atoms with Crippen LogP contribution >= 0.6 is 11.3 Å². The summed E-state index contributed by atoms with van der Waals surface area (Å²) in [5.41, 5.74) is 3.17. The van der Waals surface area contributed by atoms with Crippen LogP contribution in [0.5, 0.6) is 0 Å². The molecule has 0 unspecified atom stereocenters. The maximum Gasteiger partial charge on any atom is 0.348 e. The van der Waals surface area contributed by atoms with Gasteiger partial charge in [0.05, 0.1) is 5.69 Å². The summed E-state index contributed by atoms with van der Waals surface area (Å²) in [7, 11) is 3.55. The summed E-state index contributed by atoms with van der Waals surface area (Å²) >= 11 is 1.32. The fourth-order valence-corrected chi connectivity index (χ4v) is 3.87. The molecule has 2 aromatic heterocycles. The van der Waals surface area contributed by atoms with Gasteiger partial charge in [-0.1, -0.05) is 31.2 Å². The quantitative estimate of drug-likeness (QED) is 0.611. The summed E-state index contributed by atoms with van der Waals surface area (Å²) in [6.45, 7) is 4.21. The lowest BCUT2D eigenvalue weighted by Gasteiger charge is -2.17. The number of hydrogen-bond acceptors (Lipinski definition) is 5. The number of likely N-dealkylation sites (N-methyl/N-ethyl adjacent to an activating group) is 1. The highest BCUT2D eigenvalue weighted by Crippen LogP contribution is 2.28. The van der Waals surface area contributed by atoms with E-state index >= 15 is 0 Å². The fourth-order valence-electron chi connectivity index (χ4n) is 2.86. The average molecular weight is 385 g/mol. The average Bonchev–Trinajstić information content (AvgIpc) is 3.21. The van der Waals surface area contributed by atoms with Gasteiger partial charge >= 0.3 is 5.97 Å². The minimum Gasteiger partial charge on any atom is -0.451 e. The van der Waals surface area contributed by atoms with E-state index in [9.17, 15) is 9.59 Å². The number of aryl methyl sites for hydroxylation is 3. The minimum absolute atomic E-state index is 0.234. The Balaban J connectivity index is 1.56. The van der Waals surface area contributed by atoms with Crippen LogP contribution in [0.1, 0.15) is 33.4 Å². The highest BCUT2D eigenvalue weighted by Gasteiger charge is 2.18. The Bertz CT molecular complexity index is 938. The number of esters is 1. The molecule has 3 rings (SSSR count). The summed E-state index contributed by atoms with van der Waals surface area (Å²) in [6.07, 6.45) is 0.984. The van der Waals surface area contributed by atoms with E-state index in [0.29, 0.717) is 11.4 Å². The smallest absolute Gasteiger partial charge is 0.348 e. The van der Waals surface area contributed by atoms with Crippen molar-refractivity contribution in [2.45, 2.75) is 26.8 Å². The van der Waals surface area contributed by atoms with Crippen molar-refractivity contribution in [1.29, 1.82) is 0 Å². The predicted molar refractivity (Wildman–Crippen MR) is 106 cm³/mol. The molecule has 7 heteroatoms. The summed E-state index contributed by atoms with van der Waals surface area (Å²) < 4.78 is 6.96. The molecule has 0 aliphatic carbocycles. The van der Waals surface area contributed by atoms with E-state index in [4.69, 9.17) is 4.74 Å². The van der Waals surface area contributed by atoms with Crippen molar-refractivity contribution in [3.05, 3.63) is 52.0 Å². The molecule has 0 N–H and O–H groups in total. The maximum absolute atomic E-state index is 12.3. The molecular formula is C20H23N3O3S. The molecule has 1 amide bonds. The van der Waals surface area contributed by atoms with Crippen LogP contribution in [0.2, 0.25) is 0 Å². The highest BCUT2D eigenvalue weighted by molar-refractivity contribution is 7.20. The molecule has 6 nitrogen and oxygen atoms in total. The van der Waals surface area contributed by atoms with E-state index in [1.807, 2.05) is 26.1 Å². The third kappa shape index (κ3) is 4.19. The molecule has 2 heterocycles. The topological polar surface area (TPSA) is 64.4 Å². The highest BCUT2D eigenvalue weighted by atomic mass is 32.1. The van der Waals surface area contributed by atoms with Gasteiger partial charge in [-0.05, 0) is 30.5 Å². The van der Waals surface area contributed by atoms with Crippen LogP contribution in [0.25, 0.3) is 10.2 Å². The first-order valence-electron chi connectivity index (χ1n) is 8.81. The van der Waals surface area contributed by atoms with E-state index in [0.717, 1.165) is 27.9 Å². The molecule has 1 aromatic carbocycles. The zero-order valence-electron chi connectivity index (χ0n) is 16.0. The number of nitrogens with zero attached hydrogens (tertiary/aromatic N) is 3. The van der Waals surface area contributed by atoms with E-state index in [-0.39, 0.29) is 12.5 Å². The number of amides is 1. The SMILES string of the molecule is CCc1ccc(CN(C)C(=O)COC(=O)c2cc3c(C)nn(C)c3s2)cc1. The Kier molecular flexibility index (Phi) is 5.60. The Hall–Kier alpha value is -2.67. The molecule has 0 fully saturated rings. The van der Waals surface area contributed by atoms with Gasteiger partial charge in [0.15, 0.2) is 6.61 Å². The zero-order valence-corrected chi connectivity index (χ0v) is 16.8. The molecule has 0 saturated heterocycles. The number of fused-ring (bicyclic) bond motifs is 1. The standard InChI is InChI=1S/C20H23N3O3S/c1-5-14-6-8-15(9-7-14)11-22(3)18(24)12-26-20(25)17-10-16-13(2)21-23(4)19(16)27-17/h6-10H,5,11-12H2,1-4H3. The Morgan fingerprint density at radius 2 is 1.89 bits per heavy atom. The van der Waals surface area contributed by atoms with Crippen molar-refractivity contribution in [2.75, 3.05) is 13.7 Å². The van der Waals surface area contributed by atoms with Crippen molar-refractivity contribution in [2.24, 2.45) is 7.05 Å². The summed E-state index contributed by atoms with van der Waals surface area (Å²) in [5, 5.41) is 5.25. The number of aromatic nitrogens is 2. The first-order valence-corrected chi connectivity index (χ1v) is 9.62. The number of rotatable bonds is 6. The van der Waals surface area contributed by atoms with E-state index in [1.54, 1.807) is 22.7 Å². The van der Waals surface area contributed by atoms with Crippen LogP contribution in [-0.2, 0) is 29.5 Å². The normalized spacial score (nSPS) is 11.0. The Labute approximate surface area is 162 Å². The summed E-state index contributed by atoms with van der Waals surface area (Å²) in [6, 6.07) is 9.93. The fraction of sp³-hybridized carbons (Fsp3) is 0.350. The second-order valence-electron chi connectivity index (χ2n) is 6.53. The number of carbonyl (C=O) groups is 2. The minimum atomic E-state index is -0.482. The van der Waals surface area contributed by atoms with Crippen molar-refractivity contribution in [1.82, 2.24) is 14.7 Å². The molecule has 0 saturated carbocycles. The number of carbonyl (C=O) groups excluding carboxylic acids is 2. The first-order chi connectivity index (χ1) is 12.9. The predicted octanol–water partition coefficient (Wildman–Crippen LogP) is 3.32. The maximum atomic E-state index is 12.3. The Morgan fingerprint density at radius 1 is 1.22 bits per heavy atom. The van der Waals surface area contributed by atoms with Gasteiger partial charge < -0.3 is 9.64 Å². The van der Waals surface area contributed by atoms with Gasteiger partial charge in [-0.3, -0.25) is 9.48 Å². The molecule has 3 aromatic rings. The van der Waals surface area contributed by atoms with Crippen LogP contribution in [0.15, 0.2) is 30.3 Å². The summed E-state index contributed by atoms with van der Waals surface area (Å²) in [4.78, 5) is 27.5. The molecular weight excluding hydrogens is 362 g/mol. The van der Waals surface area contributed by atoms with Gasteiger partial charge in [-0.25, -0.2) is 4.79 Å². The monoisotopic (exact) mass is 385 g/mol. The Morgan fingerprint density at radius 3 is 2.52 bits per heavy atom. The van der Waals surface area contributed by atoms with E-state index < -0.39 is 5.97 Å². The van der Waals surface area contributed by atoms with Gasteiger partial charge in [-0.2, -0.15) is 5.10 Å². The third-order valence-corrected chi connectivity index (χ3v) is 5.68. The number of hydrogen-bond donors (Lipinski definition) is 0. The molecule has 0 aliphatic heterocycles. The second-order valence-corrected chi connectivity index (χ2v) is 7.57. The molecule has 0 atom stereocenters. The molecule has 0 bridgehead atoms. The zero-order chi connectivity index (χ0) is 19.6. The molecule has 142 valence electrons. The van der Waals surface area contributed by atoms with Crippen molar-refractivity contribution in [3.8, 4) is 0 Å². The van der Waals surface area contributed by atoms with Crippen molar-refractivity contribution < 1.29 is 14.3 Å². The summed E-state index contributed by atoms with van der Waals surface area (Å²) in [5.74, 6) is -0.716. The second kappa shape index (κ2) is 7.92. The third-order valence-electron chi connectivity index (χ3n) is 4.50. The van der Waals surface area contributed by atoms with E-state index in [2.05, 4.69) is 24.2 Å². The lowest BCUT2D eigenvalue weighted by atomic mass is 10.1. The van der Waals surface area contributed by atoms with Gasteiger partial charge in [0.25, 0.3) is 5.91 Å². The van der Waals surface area contributed by atoms with Crippen molar-refractivity contribution in [3.63, 3.8) is 0 Å². The van der Waals surface area contributed by atoms with Crippen LogP contribution in [0.4, 0.5) is 0 Å². The first kappa shape index (κ1) is 19.1. The molecule has 0 aliphatic rings. The number of benzene rings is 1.